The molecule has 3 aromatic carbocycles. The van der Waals surface area contributed by atoms with Gasteiger partial charge in [-0.25, -0.2) is 4.79 Å². The average molecular weight is 475 g/mol. The molecule has 0 radical (unpaired) electrons. The van der Waals surface area contributed by atoms with Gasteiger partial charge in [0.2, 0.25) is 0 Å². The van der Waals surface area contributed by atoms with Crippen LogP contribution in [-0.4, -0.2) is 30.6 Å². The summed E-state index contributed by atoms with van der Waals surface area (Å²) >= 11 is 18.7. The number of carbonyl (C=O) groups is 1. The van der Waals surface area contributed by atoms with E-state index in [0.29, 0.717) is 34.7 Å². The molecule has 0 saturated carbocycles. The van der Waals surface area contributed by atoms with Crippen molar-refractivity contribution >= 4 is 52.2 Å². The van der Waals surface area contributed by atoms with Gasteiger partial charge in [-0.1, -0.05) is 65.1 Å². The van der Waals surface area contributed by atoms with E-state index < -0.39 is 0 Å². The first-order valence-corrected chi connectivity index (χ1v) is 11.1. The van der Waals surface area contributed by atoms with Crippen LogP contribution in [0.2, 0.25) is 15.1 Å². The van der Waals surface area contributed by atoms with Crippen LogP contribution >= 0.6 is 34.8 Å². The molecule has 1 fully saturated rings. The van der Waals surface area contributed by atoms with Gasteiger partial charge in [0, 0.05) is 35.4 Å². The average Bonchev–Trinajstić information content (AvgIpc) is 2.76. The Labute approximate surface area is 197 Å². The molecule has 1 saturated heterocycles. The summed E-state index contributed by atoms with van der Waals surface area (Å²) in [7, 11) is 0. The minimum absolute atomic E-state index is 0.0766. The number of anilines is 2. The molecule has 160 valence electrons. The molecule has 4 rings (SSSR count). The van der Waals surface area contributed by atoms with Gasteiger partial charge in [-0.3, -0.25) is 0 Å². The lowest BCUT2D eigenvalue weighted by molar-refractivity contribution is 0.198. The lowest BCUT2D eigenvalue weighted by atomic mass is 10.0. The first-order valence-electron chi connectivity index (χ1n) is 10.0. The number of nitrogens with zero attached hydrogens (tertiary/aromatic N) is 2. The van der Waals surface area contributed by atoms with Gasteiger partial charge >= 0.3 is 6.03 Å². The Kier molecular flexibility index (Phi) is 6.61. The molecule has 1 aliphatic heterocycles. The van der Waals surface area contributed by atoms with Crippen LogP contribution in [-0.2, 0) is 0 Å². The quantitative estimate of drug-likeness (QED) is 0.441. The molecule has 0 spiro atoms. The maximum Gasteiger partial charge on any atom is 0.321 e. The highest BCUT2D eigenvalue weighted by molar-refractivity contribution is 6.36. The Morgan fingerprint density at radius 2 is 1.65 bits per heavy atom. The Bertz CT molecular complexity index is 1090. The number of hydrogen-bond acceptors (Lipinski definition) is 2. The molecule has 4 nitrogen and oxygen atoms in total. The zero-order valence-electron chi connectivity index (χ0n) is 17.0. The molecule has 1 heterocycles. The maximum atomic E-state index is 13.0. The highest BCUT2D eigenvalue weighted by Crippen LogP contribution is 2.37. The fourth-order valence-corrected chi connectivity index (χ4v) is 4.49. The predicted molar refractivity (Wildman–Crippen MR) is 130 cm³/mol. The van der Waals surface area contributed by atoms with E-state index in [-0.39, 0.29) is 12.1 Å². The largest absolute Gasteiger partial charge is 0.360 e. The van der Waals surface area contributed by atoms with Crippen molar-refractivity contribution in [2.24, 2.45) is 0 Å². The molecule has 1 unspecified atom stereocenters. The van der Waals surface area contributed by atoms with E-state index in [1.54, 1.807) is 6.07 Å². The van der Waals surface area contributed by atoms with Crippen molar-refractivity contribution in [1.29, 1.82) is 0 Å². The first kappa shape index (κ1) is 21.8. The molecule has 0 aliphatic carbocycles. The number of hydrogen-bond donors (Lipinski definition) is 1. The van der Waals surface area contributed by atoms with E-state index in [0.717, 1.165) is 22.5 Å². The molecule has 0 bridgehead atoms. The SMILES string of the molecule is Cc1ccccc1NC(=O)N1CCN(c2ccc(Cl)cc2Cl)C(c2ccc(Cl)cc2)C1. The third-order valence-electron chi connectivity index (χ3n) is 5.53. The van der Waals surface area contributed by atoms with Crippen LogP contribution in [0.3, 0.4) is 0 Å². The molecule has 31 heavy (non-hydrogen) atoms. The second-order valence-corrected chi connectivity index (χ2v) is 8.83. The van der Waals surface area contributed by atoms with Gasteiger partial charge in [-0.2, -0.15) is 0 Å². The molecule has 2 amide bonds. The van der Waals surface area contributed by atoms with Gasteiger partial charge in [-0.15, -0.1) is 0 Å². The van der Waals surface area contributed by atoms with E-state index in [9.17, 15) is 4.79 Å². The van der Waals surface area contributed by atoms with E-state index >= 15 is 0 Å². The molecule has 3 aromatic rings. The predicted octanol–water partition coefficient (Wildman–Crippen LogP) is 7.05. The van der Waals surface area contributed by atoms with Crippen molar-refractivity contribution in [1.82, 2.24) is 4.90 Å². The number of nitrogens with one attached hydrogen (secondary N) is 1. The molecule has 1 atom stereocenters. The summed E-state index contributed by atoms with van der Waals surface area (Å²) in [6.45, 7) is 3.70. The van der Waals surface area contributed by atoms with Crippen molar-refractivity contribution in [3.63, 3.8) is 0 Å². The van der Waals surface area contributed by atoms with E-state index in [4.69, 9.17) is 34.8 Å². The fraction of sp³-hybridized carbons (Fsp3) is 0.208. The monoisotopic (exact) mass is 473 g/mol. The van der Waals surface area contributed by atoms with Crippen LogP contribution in [0.15, 0.2) is 66.7 Å². The summed E-state index contributed by atoms with van der Waals surface area (Å²) in [4.78, 5) is 17.1. The van der Waals surface area contributed by atoms with Crippen LogP contribution in [0.1, 0.15) is 17.2 Å². The summed E-state index contributed by atoms with van der Waals surface area (Å²) in [5.74, 6) is 0. The van der Waals surface area contributed by atoms with Crippen molar-refractivity contribution < 1.29 is 4.79 Å². The lowest BCUT2D eigenvalue weighted by Crippen LogP contribution is -2.51. The van der Waals surface area contributed by atoms with Crippen LogP contribution in [0.5, 0.6) is 0 Å². The molecular weight excluding hydrogens is 453 g/mol. The van der Waals surface area contributed by atoms with Gasteiger partial charge in [0.25, 0.3) is 0 Å². The lowest BCUT2D eigenvalue weighted by Gasteiger charge is -2.43. The smallest absolute Gasteiger partial charge is 0.321 e. The number of rotatable bonds is 3. The van der Waals surface area contributed by atoms with Gasteiger partial charge in [-0.05, 0) is 54.4 Å². The number of carbonyl (C=O) groups excluding carboxylic acids is 1. The normalized spacial score (nSPS) is 16.3. The van der Waals surface area contributed by atoms with Gasteiger partial charge < -0.3 is 15.1 Å². The Morgan fingerprint density at radius 3 is 2.35 bits per heavy atom. The number of benzene rings is 3. The minimum Gasteiger partial charge on any atom is -0.360 e. The van der Waals surface area contributed by atoms with Crippen LogP contribution < -0.4 is 10.2 Å². The second-order valence-electron chi connectivity index (χ2n) is 7.55. The van der Waals surface area contributed by atoms with E-state index in [1.807, 2.05) is 72.5 Å². The van der Waals surface area contributed by atoms with Crippen LogP contribution in [0, 0.1) is 6.92 Å². The highest BCUT2D eigenvalue weighted by atomic mass is 35.5. The Morgan fingerprint density at radius 1 is 0.935 bits per heavy atom. The third-order valence-corrected chi connectivity index (χ3v) is 6.32. The van der Waals surface area contributed by atoms with E-state index in [1.165, 1.54) is 0 Å². The van der Waals surface area contributed by atoms with Crippen molar-refractivity contribution in [3.8, 4) is 0 Å². The highest BCUT2D eigenvalue weighted by Gasteiger charge is 2.32. The molecule has 1 N–H and O–H groups in total. The first-order chi connectivity index (χ1) is 14.9. The topological polar surface area (TPSA) is 35.6 Å². The summed E-state index contributed by atoms with van der Waals surface area (Å²) in [6, 6.07) is 20.8. The minimum atomic E-state index is -0.116. The summed E-state index contributed by atoms with van der Waals surface area (Å²) in [6.07, 6.45) is 0. The Hall–Kier alpha value is -2.40. The summed E-state index contributed by atoms with van der Waals surface area (Å²) in [5, 5.41) is 4.89. The van der Waals surface area contributed by atoms with Crippen molar-refractivity contribution in [2.75, 3.05) is 29.9 Å². The van der Waals surface area contributed by atoms with Crippen LogP contribution in [0.25, 0.3) is 0 Å². The summed E-state index contributed by atoms with van der Waals surface area (Å²) in [5.41, 5.74) is 3.80. The maximum absolute atomic E-state index is 13.0. The number of amides is 2. The summed E-state index contributed by atoms with van der Waals surface area (Å²) < 4.78 is 0. The van der Waals surface area contributed by atoms with Crippen molar-refractivity contribution in [2.45, 2.75) is 13.0 Å². The second kappa shape index (κ2) is 9.39. The van der Waals surface area contributed by atoms with Gasteiger partial charge in [0.1, 0.15) is 0 Å². The van der Waals surface area contributed by atoms with Gasteiger partial charge in [0.05, 0.1) is 16.8 Å². The number of halogens is 3. The third kappa shape index (κ3) is 4.93. The molecule has 0 aromatic heterocycles. The van der Waals surface area contributed by atoms with Gasteiger partial charge in [0.15, 0.2) is 0 Å². The van der Waals surface area contributed by atoms with E-state index in [2.05, 4.69) is 10.2 Å². The number of para-hydroxylation sites is 1. The number of urea groups is 1. The zero-order chi connectivity index (χ0) is 22.0. The number of piperazine rings is 1. The molecule has 7 heteroatoms. The Balaban J connectivity index is 1.61. The fourth-order valence-electron chi connectivity index (χ4n) is 3.85. The molecule has 1 aliphatic rings. The zero-order valence-corrected chi connectivity index (χ0v) is 19.3. The standard InChI is InChI=1S/C24H22Cl3N3O/c1-16-4-2-3-5-21(16)28-24(31)29-12-13-30(22-11-10-19(26)14-20(22)27)23(15-29)17-6-8-18(25)9-7-17/h2-11,14,23H,12-13,15H2,1H3,(H,28,31). The van der Waals surface area contributed by atoms with Crippen LogP contribution in [0.4, 0.5) is 16.2 Å². The number of aryl methyl sites for hydroxylation is 1. The van der Waals surface area contributed by atoms with Crippen molar-refractivity contribution in [3.05, 3.63) is 92.9 Å². The molecular formula is C24H22Cl3N3O.